The van der Waals surface area contributed by atoms with Crippen molar-refractivity contribution in [1.82, 2.24) is 0 Å². The van der Waals surface area contributed by atoms with E-state index in [-0.39, 0.29) is 0 Å². The Bertz CT molecular complexity index is 203. The first-order valence-electron chi connectivity index (χ1n) is 5.50. The fourth-order valence-corrected chi connectivity index (χ4v) is 2.73. The minimum Gasteiger partial charge on any atom is -0.374 e. The highest BCUT2D eigenvalue weighted by Gasteiger charge is 2.39. The number of hydrogen-bond acceptors (Lipinski definition) is 1. The van der Waals surface area contributed by atoms with Crippen LogP contribution >= 0.6 is 0 Å². The van der Waals surface area contributed by atoms with Gasteiger partial charge in [-0.25, -0.2) is 0 Å². The molecule has 2 aliphatic rings. The van der Waals surface area contributed by atoms with Crippen LogP contribution in [0.15, 0.2) is 11.6 Å². The fourth-order valence-electron chi connectivity index (χ4n) is 2.73. The number of ether oxygens (including phenoxy) is 1. The molecule has 0 saturated heterocycles. The van der Waals surface area contributed by atoms with E-state index in [1.165, 1.54) is 31.3 Å². The zero-order chi connectivity index (χ0) is 9.26. The summed E-state index contributed by atoms with van der Waals surface area (Å²) in [5.41, 5.74) is 1.36. The van der Waals surface area contributed by atoms with Gasteiger partial charge in [-0.3, -0.25) is 0 Å². The highest BCUT2D eigenvalue weighted by Crippen LogP contribution is 2.45. The molecule has 13 heavy (non-hydrogen) atoms. The lowest BCUT2D eigenvalue weighted by Crippen LogP contribution is -2.20. The van der Waals surface area contributed by atoms with Crippen molar-refractivity contribution in [2.75, 3.05) is 6.61 Å². The first-order chi connectivity index (χ1) is 6.25. The second-order valence-electron chi connectivity index (χ2n) is 4.83. The molecule has 0 amide bonds. The van der Waals surface area contributed by atoms with E-state index in [9.17, 15) is 0 Å². The van der Waals surface area contributed by atoms with E-state index >= 15 is 0 Å². The molecule has 2 bridgehead atoms. The summed E-state index contributed by atoms with van der Waals surface area (Å²) in [6.45, 7) is 5.09. The molecule has 0 spiro atoms. The predicted molar refractivity (Wildman–Crippen MR) is 54.6 cm³/mol. The van der Waals surface area contributed by atoms with E-state index in [0.717, 1.165) is 18.4 Å². The number of allylic oxidation sites excluding steroid dienone is 1. The first kappa shape index (κ1) is 9.26. The highest BCUT2D eigenvalue weighted by molar-refractivity contribution is 4.95. The van der Waals surface area contributed by atoms with Crippen LogP contribution in [0.5, 0.6) is 0 Å². The Hall–Kier alpha value is -0.300. The zero-order valence-electron chi connectivity index (χ0n) is 8.75. The van der Waals surface area contributed by atoms with Crippen molar-refractivity contribution in [2.24, 2.45) is 11.8 Å². The second-order valence-corrected chi connectivity index (χ2v) is 4.83. The molecule has 2 fully saturated rings. The van der Waals surface area contributed by atoms with Crippen LogP contribution < -0.4 is 0 Å². The third kappa shape index (κ3) is 2.14. The molecule has 0 aromatic carbocycles. The Morgan fingerprint density at radius 1 is 1.31 bits per heavy atom. The van der Waals surface area contributed by atoms with Gasteiger partial charge in [0.2, 0.25) is 0 Å². The van der Waals surface area contributed by atoms with E-state index in [1.807, 2.05) is 0 Å². The smallest absolute Gasteiger partial charge is 0.0653 e. The van der Waals surface area contributed by atoms with E-state index in [4.69, 9.17) is 4.74 Å². The molecule has 1 nitrogen and oxygen atoms in total. The average molecular weight is 180 g/mol. The second kappa shape index (κ2) is 3.83. The molecule has 0 radical (unpaired) electrons. The van der Waals surface area contributed by atoms with Crippen molar-refractivity contribution in [3.63, 3.8) is 0 Å². The van der Waals surface area contributed by atoms with E-state index in [0.29, 0.717) is 6.10 Å². The van der Waals surface area contributed by atoms with E-state index in [2.05, 4.69) is 19.9 Å². The summed E-state index contributed by atoms with van der Waals surface area (Å²) in [6.07, 6.45) is 8.44. The van der Waals surface area contributed by atoms with Crippen molar-refractivity contribution in [3.8, 4) is 0 Å². The number of hydrogen-bond donors (Lipinski definition) is 0. The maximum absolute atomic E-state index is 5.87. The third-order valence-electron chi connectivity index (χ3n) is 3.48. The SMILES string of the molecule is CC(C)=CCO[C@H]1C[C@@H]2CC[C@@H]1C2. The molecule has 0 N–H and O–H groups in total. The molecule has 2 saturated carbocycles. The standard InChI is InChI=1S/C12H20O/c1-9(2)5-6-13-12-8-10-3-4-11(12)7-10/h5,10-12H,3-4,6-8H2,1-2H3/t10-,11-,12+/m1/s1. The summed E-state index contributed by atoms with van der Waals surface area (Å²) in [6, 6.07) is 0. The predicted octanol–water partition coefficient (Wildman–Crippen LogP) is 3.16. The van der Waals surface area contributed by atoms with Gasteiger partial charge in [0.25, 0.3) is 0 Å². The highest BCUT2D eigenvalue weighted by atomic mass is 16.5. The maximum Gasteiger partial charge on any atom is 0.0653 e. The summed E-state index contributed by atoms with van der Waals surface area (Å²) in [7, 11) is 0. The van der Waals surface area contributed by atoms with E-state index in [1.54, 1.807) is 0 Å². The van der Waals surface area contributed by atoms with Gasteiger partial charge in [-0.1, -0.05) is 11.6 Å². The van der Waals surface area contributed by atoms with Gasteiger partial charge in [0.1, 0.15) is 0 Å². The van der Waals surface area contributed by atoms with Crippen LogP contribution in [0.25, 0.3) is 0 Å². The molecule has 0 aromatic rings. The van der Waals surface area contributed by atoms with Gasteiger partial charge >= 0.3 is 0 Å². The Kier molecular flexibility index (Phi) is 2.73. The van der Waals surface area contributed by atoms with E-state index < -0.39 is 0 Å². The van der Waals surface area contributed by atoms with Gasteiger partial charge < -0.3 is 4.74 Å². The zero-order valence-corrected chi connectivity index (χ0v) is 8.75. The Morgan fingerprint density at radius 3 is 2.69 bits per heavy atom. The summed E-state index contributed by atoms with van der Waals surface area (Å²) in [4.78, 5) is 0. The normalized spacial score (nSPS) is 36.6. The average Bonchev–Trinajstić information content (AvgIpc) is 2.64. The molecule has 1 heteroatoms. The van der Waals surface area contributed by atoms with Gasteiger partial charge in [-0.15, -0.1) is 0 Å². The quantitative estimate of drug-likeness (QED) is 0.606. The molecule has 0 heterocycles. The van der Waals surface area contributed by atoms with Crippen molar-refractivity contribution >= 4 is 0 Å². The minimum atomic E-state index is 0.592. The van der Waals surface area contributed by atoms with Crippen LogP contribution in [0.3, 0.4) is 0 Å². The van der Waals surface area contributed by atoms with Gasteiger partial charge in [-0.2, -0.15) is 0 Å². The van der Waals surface area contributed by atoms with Crippen molar-refractivity contribution in [2.45, 2.75) is 45.6 Å². The van der Waals surface area contributed by atoms with Crippen LogP contribution in [-0.4, -0.2) is 12.7 Å². The Morgan fingerprint density at radius 2 is 2.15 bits per heavy atom. The molecule has 2 aliphatic carbocycles. The molecular weight excluding hydrogens is 160 g/mol. The van der Waals surface area contributed by atoms with Crippen molar-refractivity contribution in [3.05, 3.63) is 11.6 Å². The first-order valence-corrected chi connectivity index (χ1v) is 5.50. The third-order valence-corrected chi connectivity index (χ3v) is 3.48. The monoisotopic (exact) mass is 180 g/mol. The van der Waals surface area contributed by atoms with Crippen LogP contribution in [0.4, 0.5) is 0 Å². The summed E-state index contributed by atoms with van der Waals surface area (Å²) in [5.74, 6) is 1.90. The molecule has 74 valence electrons. The molecule has 0 aliphatic heterocycles. The summed E-state index contributed by atoms with van der Waals surface area (Å²) in [5, 5.41) is 0. The number of rotatable bonds is 3. The van der Waals surface area contributed by atoms with Gasteiger partial charge in [0.05, 0.1) is 12.7 Å². The van der Waals surface area contributed by atoms with Crippen LogP contribution in [-0.2, 0) is 4.74 Å². The Balaban J connectivity index is 1.74. The molecule has 3 atom stereocenters. The van der Waals surface area contributed by atoms with Crippen molar-refractivity contribution < 1.29 is 4.74 Å². The molecular formula is C12H20O. The lowest BCUT2D eigenvalue weighted by Gasteiger charge is -2.21. The lowest BCUT2D eigenvalue weighted by atomic mass is 9.98. The largest absolute Gasteiger partial charge is 0.374 e. The summed E-state index contributed by atoms with van der Waals surface area (Å²) >= 11 is 0. The molecule has 0 aromatic heterocycles. The molecule has 2 rings (SSSR count). The van der Waals surface area contributed by atoms with Crippen LogP contribution in [0.2, 0.25) is 0 Å². The topological polar surface area (TPSA) is 9.23 Å². The maximum atomic E-state index is 5.87. The van der Waals surface area contributed by atoms with Crippen molar-refractivity contribution in [1.29, 1.82) is 0 Å². The molecule has 0 unspecified atom stereocenters. The minimum absolute atomic E-state index is 0.592. The van der Waals surface area contributed by atoms with Crippen LogP contribution in [0, 0.1) is 11.8 Å². The fraction of sp³-hybridized carbons (Fsp3) is 0.833. The van der Waals surface area contributed by atoms with Gasteiger partial charge in [0, 0.05) is 0 Å². The van der Waals surface area contributed by atoms with Gasteiger partial charge in [0.15, 0.2) is 0 Å². The number of fused-ring (bicyclic) bond motifs is 2. The van der Waals surface area contributed by atoms with Gasteiger partial charge in [-0.05, 0) is 51.4 Å². The lowest BCUT2D eigenvalue weighted by molar-refractivity contribution is 0.0336. The van der Waals surface area contributed by atoms with Crippen LogP contribution in [0.1, 0.15) is 39.5 Å². The summed E-state index contributed by atoms with van der Waals surface area (Å²) < 4.78 is 5.87. The Labute approximate surface area is 81.2 Å².